The van der Waals surface area contributed by atoms with Gasteiger partial charge in [0.15, 0.2) is 0 Å². The van der Waals surface area contributed by atoms with Crippen LogP contribution >= 0.6 is 0 Å². The summed E-state index contributed by atoms with van der Waals surface area (Å²) in [6.45, 7) is 0.585. The van der Waals surface area contributed by atoms with E-state index in [4.69, 9.17) is 5.73 Å². The molecular formula is C11H16N2. The Morgan fingerprint density at radius 3 is 2.62 bits per heavy atom. The van der Waals surface area contributed by atoms with Gasteiger partial charge in [0.1, 0.15) is 0 Å². The van der Waals surface area contributed by atoms with Crippen LogP contribution in [-0.4, -0.2) is 20.6 Å². The minimum atomic E-state index is 0.585. The Hall–Kier alpha value is -1.28. The Kier molecular flexibility index (Phi) is 3.53. The maximum absolute atomic E-state index is 5.40. The second-order valence-corrected chi connectivity index (χ2v) is 3.09. The summed E-state index contributed by atoms with van der Waals surface area (Å²) >= 11 is 0. The topological polar surface area (TPSA) is 29.3 Å². The Balaban J connectivity index is 2.97. The van der Waals surface area contributed by atoms with Gasteiger partial charge in [0, 0.05) is 26.3 Å². The quantitative estimate of drug-likeness (QED) is 0.760. The van der Waals surface area contributed by atoms with Crippen molar-refractivity contribution in [3.05, 3.63) is 35.9 Å². The molecule has 0 spiro atoms. The van der Waals surface area contributed by atoms with Crippen LogP contribution in [0.1, 0.15) is 5.56 Å². The summed E-state index contributed by atoms with van der Waals surface area (Å²) in [4.78, 5) is 2.09. The average molecular weight is 176 g/mol. The lowest BCUT2D eigenvalue weighted by molar-refractivity contribution is 1.13. The van der Waals surface area contributed by atoms with Crippen LogP contribution in [0.25, 0.3) is 6.08 Å². The van der Waals surface area contributed by atoms with E-state index in [9.17, 15) is 0 Å². The zero-order valence-corrected chi connectivity index (χ0v) is 8.20. The molecule has 0 aliphatic heterocycles. The molecule has 0 saturated heterocycles. The highest BCUT2D eigenvalue weighted by molar-refractivity contribution is 5.67. The molecule has 0 unspecified atom stereocenters. The van der Waals surface area contributed by atoms with Crippen LogP contribution in [0, 0.1) is 0 Å². The van der Waals surface area contributed by atoms with Crippen LogP contribution in [0.5, 0.6) is 0 Å². The third-order valence-electron chi connectivity index (χ3n) is 1.85. The second-order valence-electron chi connectivity index (χ2n) is 3.09. The maximum Gasteiger partial charge on any atom is 0.0434 e. The van der Waals surface area contributed by atoms with E-state index in [0.717, 1.165) is 0 Å². The molecule has 2 heteroatoms. The van der Waals surface area contributed by atoms with E-state index >= 15 is 0 Å². The molecule has 0 fully saturated rings. The largest absolute Gasteiger partial charge is 0.377 e. The predicted octanol–water partition coefficient (Wildman–Crippen LogP) is 1.72. The molecule has 2 N–H and O–H groups in total. The minimum absolute atomic E-state index is 0.585. The van der Waals surface area contributed by atoms with E-state index in [1.165, 1.54) is 11.3 Å². The van der Waals surface area contributed by atoms with Crippen molar-refractivity contribution in [1.82, 2.24) is 0 Å². The Morgan fingerprint density at radius 2 is 2.00 bits per heavy atom. The fraction of sp³-hybridized carbons (Fsp3) is 0.273. The zero-order valence-electron chi connectivity index (χ0n) is 8.20. The number of benzene rings is 1. The van der Waals surface area contributed by atoms with Crippen molar-refractivity contribution >= 4 is 11.8 Å². The number of para-hydroxylation sites is 1. The number of rotatable bonds is 3. The Bertz CT molecular complexity index is 290. The van der Waals surface area contributed by atoms with Gasteiger partial charge in [-0.3, -0.25) is 0 Å². The van der Waals surface area contributed by atoms with Crippen molar-refractivity contribution in [2.45, 2.75) is 0 Å². The van der Waals surface area contributed by atoms with Crippen LogP contribution in [0.4, 0.5) is 5.69 Å². The maximum atomic E-state index is 5.40. The first kappa shape index (κ1) is 9.81. The highest BCUT2D eigenvalue weighted by atomic mass is 15.1. The van der Waals surface area contributed by atoms with Crippen LogP contribution in [-0.2, 0) is 0 Å². The molecule has 1 aromatic rings. The molecule has 0 atom stereocenters. The van der Waals surface area contributed by atoms with E-state index in [2.05, 4.69) is 23.1 Å². The van der Waals surface area contributed by atoms with Gasteiger partial charge in [0.2, 0.25) is 0 Å². The lowest BCUT2D eigenvalue weighted by atomic mass is 10.1. The van der Waals surface area contributed by atoms with Crippen LogP contribution < -0.4 is 10.6 Å². The molecule has 2 nitrogen and oxygen atoms in total. The zero-order chi connectivity index (χ0) is 9.68. The van der Waals surface area contributed by atoms with Crippen molar-refractivity contribution in [3.8, 4) is 0 Å². The molecule has 0 aliphatic carbocycles. The van der Waals surface area contributed by atoms with Gasteiger partial charge in [0.05, 0.1) is 0 Å². The van der Waals surface area contributed by atoms with E-state index < -0.39 is 0 Å². The van der Waals surface area contributed by atoms with E-state index in [1.54, 1.807) is 0 Å². The molecule has 0 amide bonds. The molecule has 0 saturated carbocycles. The molecule has 13 heavy (non-hydrogen) atoms. The third kappa shape index (κ3) is 2.60. The van der Waals surface area contributed by atoms with Crippen LogP contribution in [0.2, 0.25) is 0 Å². The van der Waals surface area contributed by atoms with Gasteiger partial charge in [-0.1, -0.05) is 30.4 Å². The van der Waals surface area contributed by atoms with Gasteiger partial charge < -0.3 is 10.6 Å². The number of anilines is 1. The molecule has 1 rings (SSSR count). The second kappa shape index (κ2) is 4.67. The van der Waals surface area contributed by atoms with Gasteiger partial charge >= 0.3 is 0 Å². The lowest BCUT2D eigenvalue weighted by Crippen LogP contribution is -2.09. The van der Waals surface area contributed by atoms with Crippen molar-refractivity contribution in [2.24, 2.45) is 5.73 Å². The van der Waals surface area contributed by atoms with Crippen molar-refractivity contribution in [1.29, 1.82) is 0 Å². The number of hydrogen-bond donors (Lipinski definition) is 1. The Morgan fingerprint density at radius 1 is 1.31 bits per heavy atom. The fourth-order valence-corrected chi connectivity index (χ4v) is 1.23. The van der Waals surface area contributed by atoms with E-state index in [-0.39, 0.29) is 0 Å². The van der Waals surface area contributed by atoms with E-state index in [1.807, 2.05) is 32.3 Å². The predicted molar refractivity (Wildman–Crippen MR) is 58.9 cm³/mol. The molecular weight excluding hydrogens is 160 g/mol. The molecule has 1 aromatic carbocycles. The standard InChI is InChI=1S/C11H16N2/c1-13(2)11-8-4-3-6-10(11)7-5-9-12/h3-8H,9,12H2,1-2H3. The van der Waals surface area contributed by atoms with Gasteiger partial charge in [-0.2, -0.15) is 0 Å². The highest BCUT2D eigenvalue weighted by Gasteiger charge is 1.98. The summed E-state index contributed by atoms with van der Waals surface area (Å²) < 4.78 is 0. The minimum Gasteiger partial charge on any atom is -0.377 e. The number of nitrogens with two attached hydrogens (primary N) is 1. The third-order valence-corrected chi connectivity index (χ3v) is 1.85. The van der Waals surface area contributed by atoms with Gasteiger partial charge in [-0.25, -0.2) is 0 Å². The van der Waals surface area contributed by atoms with Crippen LogP contribution in [0.15, 0.2) is 30.3 Å². The Labute approximate surface area is 79.7 Å². The first-order valence-corrected chi connectivity index (χ1v) is 4.38. The highest BCUT2D eigenvalue weighted by Crippen LogP contribution is 2.18. The summed E-state index contributed by atoms with van der Waals surface area (Å²) in [5, 5.41) is 0. The van der Waals surface area contributed by atoms with E-state index in [0.29, 0.717) is 6.54 Å². The summed E-state index contributed by atoms with van der Waals surface area (Å²) in [5.74, 6) is 0. The molecule has 70 valence electrons. The molecule has 0 bridgehead atoms. The van der Waals surface area contributed by atoms with Crippen molar-refractivity contribution in [3.63, 3.8) is 0 Å². The molecule has 0 heterocycles. The number of hydrogen-bond acceptors (Lipinski definition) is 2. The first-order chi connectivity index (χ1) is 6.25. The van der Waals surface area contributed by atoms with Crippen molar-refractivity contribution < 1.29 is 0 Å². The van der Waals surface area contributed by atoms with Gasteiger partial charge in [-0.15, -0.1) is 0 Å². The smallest absolute Gasteiger partial charge is 0.0434 e. The lowest BCUT2D eigenvalue weighted by Gasteiger charge is -2.15. The van der Waals surface area contributed by atoms with Crippen LogP contribution in [0.3, 0.4) is 0 Å². The van der Waals surface area contributed by atoms with Crippen molar-refractivity contribution in [2.75, 3.05) is 25.5 Å². The summed E-state index contributed by atoms with van der Waals surface area (Å²) in [5.41, 5.74) is 7.82. The molecule has 0 aromatic heterocycles. The number of nitrogens with zero attached hydrogens (tertiary/aromatic N) is 1. The monoisotopic (exact) mass is 176 g/mol. The fourth-order valence-electron chi connectivity index (χ4n) is 1.23. The van der Waals surface area contributed by atoms with Gasteiger partial charge in [0.25, 0.3) is 0 Å². The summed E-state index contributed by atoms with van der Waals surface area (Å²) in [6, 6.07) is 8.25. The normalized spacial score (nSPS) is 10.7. The average Bonchev–Trinajstić information content (AvgIpc) is 2.15. The molecule has 0 aliphatic rings. The summed E-state index contributed by atoms with van der Waals surface area (Å²) in [6.07, 6.45) is 4.01. The SMILES string of the molecule is CN(C)c1ccccc1C=CCN. The first-order valence-electron chi connectivity index (χ1n) is 4.38. The summed E-state index contributed by atoms with van der Waals surface area (Å²) in [7, 11) is 4.07. The van der Waals surface area contributed by atoms with Gasteiger partial charge in [-0.05, 0) is 11.6 Å². The molecule has 0 radical (unpaired) electrons.